The van der Waals surface area contributed by atoms with Gasteiger partial charge >= 0.3 is 0 Å². The quantitative estimate of drug-likeness (QED) is 0.864. The van der Waals surface area contributed by atoms with Gasteiger partial charge in [0, 0.05) is 25.6 Å². The maximum Gasteiger partial charge on any atom is 0.275 e. The zero-order chi connectivity index (χ0) is 16.7. The van der Waals surface area contributed by atoms with Crippen LogP contribution in [0.15, 0.2) is 24.3 Å². The molecule has 2 heterocycles. The van der Waals surface area contributed by atoms with Crippen LogP contribution in [-0.2, 0) is 16.5 Å². The number of carbonyl (C=O) groups excluding carboxylic acids is 1. The van der Waals surface area contributed by atoms with Crippen molar-refractivity contribution in [3.63, 3.8) is 0 Å². The Balaban J connectivity index is 1.70. The lowest BCUT2D eigenvalue weighted by Crippen LogP contribution is -2.46. The first kappa shape index (κ1) is 15.6. The molecule has 1 saturated carbocycles. The summed E-state index contributed by atoms with van der Waals surface area (Å²) in [4.78, 5) is 15.2. The number of carbonyl (C=O) groups is 1. The highest BCUT2D eigenvalue weighted by Gasteiger charge is 2.45. The van der Waals surface area contributed by atoms with Crippen molar-refractivity contribution in [2.75, 3.05) is 19.8 Å². The third-order valence-electron chi connectivity index (χ3n) is 5.14. The molecule has 2 aliphatic rings. The molecule has 3 atom stereocenters. The topological polar surface area (TPSA) is 56.6 Å². The molecular weight excluding hydrogens is 306 g/mol. The number of para-hydroxylation sites is 1. The summed E-state index contributed by atoms with van der Waals surface area (Å²) in [6.45, 7) is 3.77. The Morgan fingerprint density at radius 2 is 2.21 bits per heavy atom. The molecule has 0 N–H and O–H groups in total. The van der Waals surface area contributed by atoms with Gasteiger partial charge < -0.3 is 14.4 Å². The summed E-state index contributed by atoms with van der Waals surface area (Å²) >= 11 is 0. The van der Waals surface area contributed by atoms with Crippen LogP contribution in [0.2, 0.25) is 0 Å². The minimum atomic E-state index is -0.0311. The maximum absolute atomic E-state index is 13.3. The van der Waals surface area contributed by atoms with Gasteiger partial charge in [0.2, 0.25) is 0 Å². The predicted molar refractivity (Wildman–Crippen MR) is 89.9 cm³/mol. The van der Waals surface area contributed by atoms with Gasteiger partial charge in [-0.3, -0.25) is 9.48 Å². The third-order valence-corrected chi connectivity index (χ3v) is 5.14. The van der Waals surface area contributed by atoms with Gasteiger partial charge in [-0.05, 0) is 25.8 Å². The van der Waals surface area contributed by atoms with Gasteiger partial charge in [0.25, 0.3) is 5.91 Å². The lowest BCUT2D eigenvalue weighted by Gasteiger charge is -2.30. The number of hydrogen-bond acceptors (Lipinski definition) is 4. The van der Waals surface area contributed by atoms with E-state index in [0.29, 0.717) is 25.5 Å². The number of aromatic nitrogens is 2. The van der Waals surface area contributed by atoms with Gasteiger partial charge in [-0.25, -0.2) is 0 Å². The van der Waals surface area contributed by atoms with Crippen LogP contribution in [0.4, 0.5) is 0 Å². The number of rotatable bonds is 3. The van der Waals surface area contributed by atoms with Crippen LogP contribution in [0.1, 0.15) is 30.3 Å². The second-order valence-electron chi connectivity index (χ2n) is 6.46. The van der Waals surface area contributed by atoms with Gasteiger partial charge in [-0.1, -0.05) is 18.2 Å². The summed E-state index contributed by atoms with van der Waals surface area (Å²) in [6.07, 6.45) is 1.94. The normalized spacial score (nSPS) is 26.8. The predicted octanol–water partition coefficient (Wildman–Crippen LogP) is 1.98. The monoisotopic (exact) mass is 329 g/mol. The van der Waals surface area contributed by atoms with E-state index in [0.717, 1.165) is 23.7 Å². The zero-order valence-corrected chi connectivity index (χ0v) is 14.1. The molecule has 4 rings (SSSR count). The van der Waals surface area contributed by atoms with Crippen molar-refractivity contribution in [2.45, 2.75) is 38.0 Å². The molecule has 2 fully saturated rings. The van der Waals surface area contributed by atoms with Crippen molar-refractivity contribution in [1.82, 2.24) is 14.7 Å². The molecule has 1 amide bonds. The molecule has 0 unspecified atom stereocenters. The van der Waals surface area contributed by atoms with E-state index in [-0.39, 0.29) is 24.2 Å². The number of nitrogens with zero attached hydrogens (tertiary/aromatic N) is 3. The largest absolute Gasteiger partial charge is 0.374 e. The fraction of sp³-hybridized carbons (Fsp3) is 0.556. The standard InChI is InChI=1S/C18H23N3O3/c1-3-23-17-14-8-9-15(17)24-11-10-21(14)18(22)16-12-6-4-5-7-13(12)20(2)19-16/h4-7,14-15,17H,3,8-11H2,1-2H3/t14-,15-,17+/m1/s1. The Hall–Kier alpha value is -1.92. The van der Waals surface area contributed by atoms with E-state index in [1.54, 1.807) is 4.68 Å². The first-order valence-electron chi connectivity index (χ1n) is 8.66. The Kier molecular flexibility index (Phi) is 4.02. The minimum absolute atomic E-state index is 0.0207. The summed E-state index contributed by atoms with van der Waals surface area (Å²) in [5, 5.41) is 5.39. The SMILES string of the molecule is CCO[C@H]1[C@H]2CC[C@H]1OCCN2C(=O)c1nn(C)c2ccccc12. The summed E-state index contributed by atoms with van der Waals surface area (Å²) in [6, 6.07) is 7.93. The molecular formula is C18H23N3O3. The fourth-order valence-corrected chi connectivity index (χ4v) is 4.06. The molecule has 1 aromatic heterocycles. The third kappa shape index (κ3) is 2.41. The van der Waals surface area contributed by atoms with Crippen LogP contribution in [0.3, 0.4) is 0 Å². The molecule has 24 heavy (non-hydrogen) atoms. The second kappa shape index (κ2) is 6.18. The summed E-state index contributed by atoms with van der Waals surface area (Å²) in [5.74, 6) is -0.0207. The van der Waals surface area contributed by atoms with E-state index in [1.807, 2.05) is 43.1 Å². The van der Waals surface area contributed by atoms with E-state index in [1.165, 1.54) is 0 Å². The van der Waals surface area contributed by atoms with E-state index in [9.17, 15) is 4.79 Å². The summed E-state index contributed by atoms with van der Waals surface area (Å²) in [7, 11) is 1.87. The average Bonchev–Trinajstić information content (AvgIpc) is 3.06. The highest BCUT2D eigenvalue weighted by molar-refractivity contribution is 6.05. The van der Waals surface area contributed by atoms with E-state index in [2.05, 4.69) is 5.10 Å². The summed E-state index contributed by atoms with van der Waals surface area (Å²) < 4.78 is 13.6. The lowest BCUT2D eigenvalue weighted by molar-refractivity contribution is -0.0484. The van der Waals surface area contributed by atoms with Crippen LogP contribution in [0.25, 0.3) is 10.9 Å². The Morgan fingerprint density at radius 1 is 1.38 bits per heavy atom. The van der Waals surface area contributed by atoms with Crippen LogP contribution >= 0.6 is 0 Å². The van der Waals surface area contributed by atoms with Crippen LogP contribution in [0.5, 0.6) is 0 Å². The molecule has 128 valence electrons. The van der Waals surface area contributed by atoms with Gasteiger partial charge in [0.1, 0.15) is 6.10 Å². The maximum atomic E-state index is 13.3. The average molecular weight is 329 g/mol. The fourth-order valence-electron chi connectivity index (χ4n) is 4.06. The van der Waals surface area contributed by atoms with E-state index >= 15 is 0 Å². The van der Waals surface area contributed by atoms with Crippen LogP contribution in [-0.4, -0.2) is 58.6 Å². The molecule has 1 aliphatic heterocycles. The lowest BCUT2D eigenvalue weighted by atomic mass is 10.1. The van der Waals surface area contributed by atoms with Crippen molar-refractivity contribution >= 4 is 16.8 Å². The number of benzene rings is 1. The molecule has 6 heteroatoms. The highest BCUT2D eigenvalue weighted by atomic mass is 16.5. The number of hydrogen-bond donors (Lipinski definition) is 0. The van der Waals surface area contributed by atoms with Gasteiger partial charge in [-0.2, -0.15) is 5.10 Å². The number of amides is 1. The van der Waals surface area contributed by atoms with Crippen molar-refractivity contribution in [2.24, 2.45) is 7.05 Å². The van der Waals surface area contributed by atoms with Crippen molar-refractivity contribution in [3.05, 3.63) is 30.0 Å². The van der Waals surface area contributed by atoms with Gasteiger partial charge in [-0.15, -0.1) is 0 Å². The number of aryl methyl sites for hydroxylation is 1. The van der Waals surface area contributed by atoms with Crippen molar-refractivity contribution < 1.29 is 14.3 Å². The molecule has 1 saturated heterocycles. The molecule has 1 aromatic carbocycles. The minimum Gasteiger partial charge on any atom is -0.374 e. The second-order valence-corrected chi connectivity index (χ2v) is 6.46. The Labute approximate surface area is 141 Å². The first-order chi connectivity index (χ1) is 11.7. The molecule has 1 aliphatic carbocycles. The van der Waals surface area contributed by atoms with Crippen LogP contribution < -0.4 is 0 Å². The smallest absolute Gasteiger partial charge is 0.275 e. The molecule has 2 bridgehead atoms. The van der Waals surface area contributed by atoms with E-state index in [4.69, 9.17) is 9.47 Å². The van der Waals surface area contributed by atoms with Crippen molar-refractivity contribution in [3.8, 4) is 0 Å². The Morgan fingerprint density at radius 3 is 3.04 bits per heavy atom. The summed E-state index contributed by atoms with van der Waals surface area (Å²) in [5.41, 5.74) is 1.49. The number of fused-ring (bicyclic) bond motifs is 3. The Bertz CT molecular complexity index is 757. The highest BCUT2D eigenvalue weighted by Crippen LogP contribution is 2.33. The number of ether oxygens (including phenoxy) is 2. The van der Waals surface area contributed by atoms with E-state index < -0.39 is 0 Å². The van der Waals surface area contributed by atoms with Crippen molar-refractivity contribution in [1.29, 1.82) is 0 Å². The molecule has 0 radical (unpaired) electrons. The van der Waals surface area contributed by atoms with Gasteiger partial charge in [0.05, 0.1) is 24.3 Å². The molecule has 0 spiro atoms. The first-order valence-corrected chi connectivity index (χ1v) is 8.66. The zero-order valence-electron chi connectivity index (χ0n) is 14.1. The van der Waals surface area contributed by atoms with Crippen LogP contribution in [0, 0.1) is 0 Å². The van der Waals surface area contributed by atoms with Gasteiger partial charge in [0.15, 0.2) is 5.69 Å². The molecule has 6 nitrogen and oxygen atoms in total. The molecule has 2 aromatic rings.